The van der Waals surface area contributed by atoms with Crippen molar-refractivity contribution >= 4 is 0 Å². The average molecular weight is 210 g/mol. The molecular weight excluding hydrogens is 184 g/mol. The van der Waals surface area contributed by atoms with Gasteiger partial charge in [-0.2, -0.15) is 0 Å². The first kappa shape index (κ1) is 11.4. The first-order chi connectivity index (χ1) is 7.33. The largest absolute Gasteiger partial charge is 0.316 e. The van der Waals surface area contributed by atoms with Gasteiger partial charge in [0.25, 0.3) is 0 Å². The van der Waals surface area contributed by atoms with Gasteiger partial charge in [-0.1, -0.05) is 19.8 Å². The molecule has 2 rings (SSSR count). The Morgan fingerprint density at radius 3 is 2.73 bits per heavy atom. The molecule has 88 valence electrons. The van der Waals surface area contributed by atoms with Crippen LogP contribution in [0.15, 0.2) is 0 Å². The van der Waals surface area contributed by atoms with Gasteiger partial charge in [0, 0.05) is 18.6 Å². The molecule has 2 aliphatic rings. The van der Waals surface area contributed by atoms with E-state index in [1.807, 2.05) is 0 Å². The summed E-state index contributed by atoms with van der Waals surface area (Å²) < 4.78 is 0. The third-order valence-electron chi connectivity index (χ3n) is 4.15. The van der Waals surface area contributed by atoms with Crippen LogP contribution in [0, 0.1) is 5.92 Å². The van der Waals surface area contributed by atoms with Crippen LogP contribution in [-0.2, 0) is 0 Å². The minimum absolute atomic E-state index is 0.743. The molecule has 1 N–H and O–H groups in total. The summed E-state index contributed by atoms with van der Waals surface area (Å²) in [6.45, 7) is 4.97. The molecule has 1 aliphatic heterocycles. The maximum atomic E-state index is 3.44. The fourth-order valence-corrected chi connectivity index (χ4v) is 2.89. The lowest BCUT2D eigenvalue weighted by molar-refractivity contribution is 0.126. The summed E-state index contributed by atoms with van der Waals surface area (Å²) in [5.74, 6) is 1.07. The van der Waals surface area contributed by atoms with E-state index in [9.17, 15) is 0 Å². The number of nitrogens with zero attached hydrogens (tertiary/aromatic N) is 1. The summed E-state index contributed by atoms with van der Waals surface area (Å²) in [6.07, 6.45) is 8.55. The average Bonchev–Trinajstić information content (AvgIpc) is 3.10. The second kappa shape index (κ2) is 5.31. The van der Waals surface area contributed by atoms with Crippen LogP contribution < -0.4 is 5.32 Å². The van der Waals surface area contributed by atoms with Crippen molar-refractivity contribution in [2.75, 3.05) is 20.1 Å². The zero-order valence-corrected chi connectivity index (χ0v) is 10.3. The first-order valence-corrected chi connectivity index (χ1v) is 6.74. The molecule has 0 amide bonds. The van der Waals surface area contributed by atoms with Crippen LogP contribution in [-0.4, -0.2) is 37.1 Å². The number of likely N-dealkylation sites (N-methyl/N-ethyl adjacent to an activating group) is 1. The van der Waals surface area contributed by atoms with Gasteiger partial charge < -0.3 is 5.32 Å². The highest BCUT2D eigenvalue weighted by Gasteiger charge is 2.29. The Morgan fingerprint density at radius 1 is 1.33 bits per heavy atom. The van der Waals surface area contributed by atoms with Crippen molar-refractivity contribution < 1.29 is 0 Å². The number of likely N-dealkylation sites (tertiary alicyclic amines) is 1. The van der Waals surface area contributed by atoms with E-state index in [1.165, 1.54) is 51.6 Å². The Bertz CT molecular complexity index is 189. The summed E-state index contributed by atoms with van der Waals surface area (Å²) in [7, 11) is 2.11. The maximum Gasteiger partial charge on any atom is 0.0192 e. The lowest BCUT2D eigenvalue weighted by Gasteiger charge is -2.38. The van der Waals surface area contributed by atoms with Crippen molar-refractivity contribution in [2.24, 2.45) is 5.92 Å². The highest BCUT2D eigenvalue weighted by Crippen LogP contribution is 2.35. The maximum absolute atomic E-state index is 3.44. The lowest BCUT2D eigenvalue weighted by atomic mass is 9.99. The quantitative estimate of drug-likeness (QED) is 0.749. The molecule has 15 heavy (non-hydrogen) atoms. The van der Waals surface area contributed by atoms with Crippen molar-refractivity contribution in [3.8, 4) is 0 Å². The highest BCUT2D eigenvalue weighted by molar-refractivity contribution is 4.85. The Labute approximate surface area is 94.4 Å². The minimum Gasteiger partial charge on any atom is -0.316 e. The molecule has 2 unspecified atom stereocenters. The molecule has 0 aromatic rings. The normalized spacial score (nSPS) is 30.4. The van der Waals surface area contributed by atoms with Gasteiger partial charge in [0.1, 0.15) is 0 Å². The molecule has 2 nitrogen and oxygen atoms in total. The molecule has 0 radical (unpaired) electrons. The number of hydrogen-bond acceptors (Lipinski definition) is 2. The molecule has 1 saturated heterocycles. The number of piperidine rings is 1. The Balaban J connectivity index is 1.82. The third kappa shape index (κ3) is 3.18. The smallest absolute Gasteiger partial charge is 0.0192 e. The van der Waals surface area contributed by atoms with Gasteiger partial charge >= 0.3 is 0 Å². The predicted octanol–water partition coefficient (Wildman–Crippen LogP) is 2.25. The molecule has 1 aliphatic carbocycles. The van der Waals surface area contributed by atoms with Gasteiger partial charge in [-0.15, -0.1) is 0 Å². The van der Waals surface area contributed by atoms with Gasteiger partial charge in [-0.25, -0.2) is 0 Å². The molecule has 0 aromatic carbocycles. The van der Waals surface area contributed by atoms with Gasteiger partial charge in [0.05, 0.1) is 0 Å². The van der Waals surface area contributed by atoms with E-state index >= 15 is 0 Å². The monoisotopic (exact) mass is 210 g/mol. The number of nitrogens with one attached hydrogen (secondary N) is 1. The predicted molar refractivity (Wildman–Crippen MR) is 65.1 cm³/mol. The molecule has 1 heterocycles. The van der Waals surface area contributed by atoms with Gasteiger partial charge in [-0.3, -0.25) is 4.90 Å². The van der Waals surface area contributed by atoms with Crippen LogP contribution in [0.25, 0.3) is 0 Å². The van der Waals surface area contributed by atoms with Gasteiger partial charge in [0.2, 0.25) is 0 Å². The van der Waals surface area contributed by atoms with Crippen LogP contribution >= 0.6 is 0 Å². The number of rotatable bonds is 5. The highest BCUT2D eigenvalue weighted by atomic mass is 15.2. The van der Waals surface area contributed by atoms with E-state index in [-0.39, 0.29) is 0 Å². The Kier molecular flexibility index (Phi) is 4.04. The van der Waals surface area contributed by atoms with Crippen molar-refractivity contribution in [1.29, 1.82) is 0 Å². The lowest BCUT2D eigenvalue weighted by Crippen LogP contribution is -2.48. The summed E-state index contributed by atoms with van der Waals surface area (Å²) in [4.78, 5) is 2.74. The molecule has 0 spiro atoms. The van der Waals surface area contributed by atoms with E-state index in [2.05, 4.69) is 24.2 Å². The third-order valence-corrected chi connectivity index (χ3v) is 4.15. The zero-order valence-electron chi connectivity index (χ0n) is 10.3. The van der Waals surface area contributed by atoms with Crippen LogP contribution in [0.3, 0.4) is 0 Å². The van der Waals surface area contributed by atoms with E-state index < -0.39 is 0 Å². The fourth-order valence-electron chi connectivity index (χ4n) is 2.89. The van der Waals surface area contributed by atoms with Crippen molar-refractivity contribution in [3.05, 3.63) is 0 Å². The Hall–Kier alpha value is -0.0800. The fraction of sp³-hybridized carbons (Fsp3) is 1.00. The van der Waals surface area contributed by atoms with Gasteiger partial charge in [-0.05, 0) is 45.2 Å². The van der Waals surface area contributed by atoms with Crippen molar-refractivity contribution in [3.63, 3.8) is 0 Å². The molecule has 0 aromatic heterocycles. The van der Waals surface area contributed by atoms with Crippen LogP contribution in [0.1, 0.15) is 45.4 Å². The van der Waals surface area contributed by atoms with Crippen molar-refractivity contribution in [1.82, 2.24) is 10.2 Å². The van der Waals surface area contributed by atoms with Crippen LogP contribution in [0.4, 0.5) is 0 Å². The molecule has 1 saturated carbocycles. The van der Waals surface area contributed by atoms with E-state index in [4.69, 9.17) is 0 Å². The minimum atomic E-state index is 0.743. The number of hydrogen-bond donors (Lipinski definition) is 1. The summed E-state index contributed by atoms with van der Waals surface area (Å²) >= 11 is 0. The molecule has 2 atom stereocenters. The summed E-state index contributed by atoms with van der Waals surface area (Å²) in [5, 5.41) is 3.44. The van der Waals surface area contributed by atoms with E-state index in [0.29, 0.717) is 0 Å². The second-order valence-corrected chi connectivity index (χ2v) is 5.36. The SMILES string of the molecule is CCC(CC1CC1)N1CCCC(NC)C1. The summed E-state index contributed by atoms with van der Waals surface area (Å²) in [5.41, 5.74) is 0. The van der Waals surface area contributed by atoms with Crippen LogP contribution in [0.5, 0.6) is 0 Å². The molecule has 0 bridgehead atoms. The van der Waals surface area contributed by atoms with Crippen LogP contribution in [0.2, 0.25) is 0 Å². The van der Waals surface area contributed by atoms with E-state index in [0.717, 1.165) is 18.0 Å². The second-order valence-electron chi connectivity index (χ2n) is 5.36. The van der Waals surface area contributed by atoms with Gasteiger partial charge in [0.15, 0.2) is 0 Å². The van der Waals surface area contributed by atoms with E-state index in [1.54, 1.807) is 0 Å². The standard InChI is InChI=1S/C13H26N2/c1-3-13(9-11-6-7-11)15-8-4-5-12(10-15)14-2/h11-14H,3-10H2,1-2H3. The summed E-state index contributed by atoms with van der Waals surface area (Å²) in [6, 6.07) is 1.61. The molecule has 2 fully saturated rings. The topological polar surface area (TPSA) is 15.3 Å². The Morgan fingerprint density at radius 2 is 2.13 bits per heavy atom. The first-order valence-electron chi connectivity index (χ1n) is 6.74. The molecular formula is C13H26N2. The molecule has 2 heteroatoms. The zero-order chi connectivity index (χ0) is 10.7. The van der Waals surface area contributed by atoms with Crippen molar-refractivity contribution in [2.45, 2.75) is 57.5 Å².